The molecule has 1 unspecified atom stereocenters. The molecule has 3 heterocycles. The lowest BCUT2D eigenvalue weighted by atomic mass is 10.1. The second-order valence-corrected chi connectivity index (χ2v) is 6.26. The summed E-state index contributed by atoms with van der Waals surface area (Å²) < 4.78 is 39.6. The molecule has 2 aliphatic heterocycles. The minimum absolute atomic E-state index is 0.245. The van der Waals surface area contributed by atoms with Crippen LogP contribution in [0.25, 0.3) is 0 Å². The number of amides is 1. The number of rotatable bonds is 4. The molecule has 1 saturated heterocycles. The van der Waals surface area contributed by atoms with Gasteiger partial charge >= 0.3 is 6.18 Å². The molecule has 23 heavy (non-hydrogen) atoms. The van der Waals surface area contributed by atoms with Gasteiger partial charge in [-0.05, 0) is 32.2 Å². The van der Waals surface area contributed by atoms with Crippen molar-refractivity contribution in [2.24, 2.45) is 0 Å². The molecule has 2 aliphatic rings. The molecular weight excluding hydrogens is 309 g/mol. The molecule has 1 fully saturated rings. The molecule has 0 saturated carbocycles. The van der Waals surface area contributed by atoms with Gasteiger partial charge < -0.3 is 9.88 Å². The molecule has 1 atom stereocenters. The number of aryl methyl sites for hydroxylation is 1. The monoisotopic (exact) mass is 330 g/mol. The van der Waals surface area contributed by atoms with E-state index < -0.39 is 12.7 Å². The zero-order valence-electron chi connectivity index (χ0n) is 12.9. The molecule has 5 nitrogen and oxygen atoms in total. The molecule has 128 valence electrons. The van der Waals surface area contributed by atoms with Crippen molar-refractivity contribution in [1.82, 2.24) is 19.8 Å². The van der Waals surface area contributed by atoms with E-state index in [1.807, 2.05) is 4.57 Å². The van der Waals surface area contributed by atoms with E-state index >= 15 is 0 Å². The number of halogens is 3. The first-order valence-corrected chi connectivity index (χ1v) is 8.07. The molecule has 0 spiro atoms. The lowest BCUT2D eigenvalue weighted by Gasteiger charge is -2.25. The predicted molar refractivity (Wildman–Crippen MR) is 78.1 cm³/mol. The fourth-order valence-electron chi connectivity index (χ4n) is 3.46. The predicted octanol–water partition coefficient (Wildman–Crippen LogP) is 1.98. The quantitative estimate of drug-likeness (QED) is 0.918. The summed E-state index contributed by atoms with van der Waals surface area (Å²) in [4.78, 5) is 18.0. The Morgan fingerprint density at radius 3 is 2.91 bits per heavy atom. The lowest BCUT2D eigenvalue weighted by molar-refractivity contribution is -0.147. The Bertz CT molecular complexity index is 570. The van der Waals surface area contributed by atoms with Gasteiger partial charge in [0.05, 0.1) is 12.7 Å². The van der Waals surface area contributed by atoms with Crippen LogP contribution in [-0.2, 0) is 13.0 Å². The van der Waals surface area contributed by atoms with Crippen molar-refractivity contribution in [3.05, 3.63) is 17.7 Å². The number of hydrogen-bond acceptors (Lipinski definition) is 3. The normalized spacial score (nSPS) is 22.1. The van der Waals surface area contributed by atoms with Crippen molar-refractivity contribution in [3.63, 3.8) is 0 Å². The van der Waals surface area contributed by atoms with E-state index in [4.69, 9.17) is 0 Å². The number of carbonyl (C=O) groups is 1. The largest absolute Gasteiger partial charge is 0.401 e. The summed E-state index contributed by atoms with van der Waals surface area (Å²) in [5.74, 6) is 0.672. The van der Waals surface area contributed by atoms with E-state index in [0.29, 0.717) is 18.7 Å². The van der Waals surface area contributed by atoms with E-state index in [-0.39, 0.29) is 18.5 Å². The maximum Gasteiger partial charge on any atom is 0.401 e. The fraction of sp³-hybridized carbons (Fsp3) is 0.733. The smallest absolute Gasteiger partial charge is 0.349 e. The van der Waals surface area contributed by atoms with Crippen LogP contribution in [-0.4, -0.2) is 52.2 Å². The van der Waals surface area contributed by atoms with Gasteiger partial charge in [-0.25, -0.2) is 4.98 Å². The maximum atomic E-state index is 12.6. The van der Waals surface area contributed by atoms with Crippen LogP contribution in [0.2, 0.25) is 0 Å². The molecule has 1 aromatic rings. The highest BCUT2D eigenvalue weighted by Crippen LogP contribution is 2.24. The fourth-order valence-corrected chi connectivity index (χ4v) is 3.46. The van der Waals surface area contributed by atoms with Crippen molar-refractivity contribution in [2.75, 3.05) is 19.6 Å². The third-order valence-electron chi connectivity index (χ3n) is 4.58. The first-order valence-electron chi connectivity index (χ1n) is 8.07. The van der Waals surface area contributed by atoms with Crippen LogP contribution < -0.4 is 5.32 Å². The van der Waals surface area contributed by atoms with Crippen LogP contribution in [0.3, 0.4) is 0 Å². The molecule has 0 radical (unpaired) electrons. The van der Waals surface area contributed by atoms with E-state index in [9.17, 15) is 18.0 Å². The Morgan fingerprint density at radius 2 is 2.13 bits per heavy atom. The van der Waals surface area contributed by atoms with Crippen LogP contribution >= 0.6 is 0 Å². The highest BCUT2D eigenvalue weighted by atomic mass is 19.4. The summed E-state index contributed by atoms with van der Waals surface area (Å²) in [6.07, 6.45) is 1.75. The number of alkyl halides is 3. The van der Waals surface area contributed by atoms with Crippen molar-refractivity contribution in [1.29, 1.82) is 0 Å². The summed E-state index contributed by atoms with van der Waals surface area (Å²) in [6, 6.07) is -0.246. The van der Waals surface area contributed by atoms with E-state index in [1.54, 1.807) is 6.20 Å². The van der Waals surface area contributed by atoms with Gasteiger partial charge in [0.1, 0.15) is 11.5 Å². The number of fused-ring (bicyclic) bond motifs is 1. The average Bonchev–Trinajstić information content (AvgIpc) is 3.09. The van der Waals surface area contributed by atoms with Gasteiger partial charge in [-0.3, -0.25) is 9.69 Å². The summed E-state index contributed by atoms with van der Waals surface area (Å²) >= 11 is 0. The summed E-state index contributed by atoms with van der Waals surface area (Å²) in [6.45, 7) is 0.550. The molecule has 0 bridgehead atoms. The van der Waals surface area contributed by atoms with Crippen LogP contribution in [0.1, 0.15) is 42.0 Å². The minimum atomic E-state index is -4.20. The number of aromatic nitrogens is 2. The highest BCUT2D eigenvalue weighted by molar-refractivity contribution is 5.92. The Hall–Kier alpha value is -1.57. The zero-order valence-corrected chi connectivity index (χ0v) is 12.9. The van der Waals surface area contributed by atoms with Crippen LogP contribution in [0.15, 0.2) is 6.20 Å². The number of nitrogens with zero attached hydrogens (tertiary/aromatic N) is 3. The average molecular weight is 330 g/mol. The number of hydrogen-bond donors (Lipinski definition) is 1. The highest BCUT2D eigenvalue weighted by Gasteiger charge is 2.36. The van der Waals surface area contributed by atoms with Gasteiger partial charge in [0, 0.05) is 25.6 Å². The molecule has 1 N–H and O–H groups in total. The summed E-state index contributed by atoms with van der Waals surface area (Å²) in [5.41, 5.74) is 0.514. The van der Waals surface area contributed by atoms with Gasteiger partial charge in [-0.2, -0.15) is 13.2 Å². The Kier molecular flexibility index (Phi) is 4.61. The maximum absolute atomic E-state index is 12.6. The van der Waals surface area contributed by atoms with Gasteiger partial charge in [-0.15, -0.1) is 0 Å². The number of imidazole rings is 1. The minimum Gasteiger partial charge on any atom is -0.349 e. The van der Waals surface area contributed by atoms with Crippen molar-refractivity contribution in [2.45, 2.75) is 50.9 Å². The summed E-state index contributed by atoms with van der Waals surface area (Å²) in [5, 5.41) is 2.78. The first-order chi connectivity index (χ1) is 10.9. The number of likely N-dealkylation sites (tertiary alicyclic amines) is 1. The van der Waals surface area contributed by atoms with E-state index in [0.717, 1.165) is 38.1 Å². The van der Waals surface area contributed by atoms with Crippen LogP contribution in [0, 0.1) is 0 Å². The van der Waals surface area contributed by atoms with Gasteiger partial charge in [0.2, 0.25) is 0 Å². The SMILES string of the molecule is O=C(NCC1CCCN1CC(F)(F)F)c1cnc2n1CCCC2. The molecule has 3 rings (SSSR count). The first kappa shape index (κ1) is 16.3. The third kappa shape index (κ3) is 3.85. The van der Waals surface area contributed by atoms with Gasteiger partial charge in [-0.1, -0.05) is 0 Å². The van der Waals surface area contributed by atoms with Gasteiger partial charge in [0.25, 0.3) is 5.91 Å². The lowest BCUT2D eigenvalue weighted by Crippen LogP contribution is -2.44. The van der Waals surface area contributed by atoms with Crippen molar-refractivity contribution in [3.8, 4) is 0 Å². The van der Waals surface area contributed by atoms with Gasteiger partial charge in [0.15, 0.2) is 0 Å². The second-order valence-electron chi connectivity index (χ2n) is 6.26. The Morgan fingerprint density at radius 1 is 1.30 bits per heavy atom. The molecular formula is C15H21F3N4O. The van der Waals surface area contributed by atoms with Crippen molar-refractivity contribution < 1.29 is 18.0 Å². The van der Waals surface area contributed by atoms with Crippen LogP contribution in [0.4, 0.5) is 13.2 Å². The standard InChI is InChI=1S/C15H21F3N4O/c16-15(17,18)10-21-6-3-4-11(21)8-20-14(23)12-9-19-13-5-1-2-7-22(12)13/h9,11H,1-8,10H2,(H,20,23). The molecule has 0 aliphatic carbocycles. The number of carbonyl (C=O) groups excluding carboxylic acids is 1. The second kappa shape index (κ2) is 6.51. The zero-order chi connectivity index (χ0) is 16.4. The molecule has 1 amide bonds. The summed E-state index contributed by atoms with van der Waals surface area (Å²) in [7, 11) is 0. The Balaban J connectivity index is 1.57. The Labute approximate surface area is 132 Å². The molecule has 1 aromatic heterocycles. The van der Waals surface area contributed by atoms with E-state index in [1.165, 1.54) is 4.90 Å². The van der Waals surface area contributed by atoms with Crippen LogP contribution in [0.5, 0.6) is 0 Å². The number of nitrogens with one attached hydrogen (secondary N) is 1. The van der Waals surface area contributed by atoms with Crippen molar-refractivity contribution >= 4 is 5.91 Å². The molecule has 0 aromatic carbocycles. The molecule has 8 heteroatoms. The third-order valence-corrected chi connectivity index (χ3v) is 4.58. The van der Waals surface area contributed by atoms with E-state index in [2.05, 4.69) is 10.3 Å². The topological polar surface area (TPSA) is 50.2 Å².